The first-order chi connectivity index (χ1) is 11.9. The van der Waals surface area contributed by atoms with Crippen LogP contribution >= 0.6 is 35.4 Å². The number of rotatable bonds is 3. The highest BCUT2D eigenvalue weighted by atomic mass is 35.5. The molecule has 0 saturated carbocycles. The van der Waals surface area contributed by atoms with Gasteiger partial charge < -0.3 is 9.72 Å². The van der Waals surface area contributed by atoms with Crippen LogP contribution in [0.4, 0.5) is 0 Å². The van der Waals surface area contributed by atoms with E-state index in [-0.39, 0.29) is 25.8 Å². The number of H-pyrrole nitrogens is 1. The van der Waals surface area contributed by atoms with Crippen molar-refractivity contribution in [3.63, 3.8) is 0 Å². The van der Waals surface area contributed by atoms with Crippen LogP contribution in [0.15, 0.2) is 41.2 Å². The van der Waals surface area contributed by atoms with E-state index in [9.17, 15) is 9.59 Å². The first kappa shape index (κ1) is 17.7. The molecule has 25 heavy (non-hydrogen) atoms. The molecule has 2 aromatic carbocycles. The fourth-order valence-corrected chi connectivity index (χ4v) is 3.25. The van der Waals surface area contributed by atoms with Crippen LogP contribution < -0.4 is 10.3 Å². The Morgan fingerprint density at radius 1 is 1.28 bits per heavy atom. The Kier molecular flexibility index (Phi) is 4.94. The maximum atomic E-state index is 12.8. The van der Waals surface area contributed by atoms with Gasteiger partial charge in [0.1, 0.15) is 5.75 Å². The molecule has 0 aliphatic heterocycles. The molecule has 5 nitrogen and oxygen atoms in total. The normalized spacial score (nSPS) is 10.8. The van der Waals surface area contributed by atoms with Gasteiger partial charge in [-0.3, -0.25) is 9.59 Å². The van der Waals surface area contributed by atoms with E-state index in [4.69, 9.17) is 40.2 Å². The minimum absolute atomic E-state index is 0.0477. The maximum Gasteiger partial charge on any atom is 0.269 e. The summed E-state index contributed by atoms with van der Waals surface area (Å²) in [5, 5.41) is 0.724. The van der Waals surface area contributed by atoms with E-state index in [0.717, 1.165) is 4.57 Å². The van der Waals surface area contributed by atoms with E-state index in [0.29, 0.717) is 17.9 Å². The minimum atomic E-state index is -0.588. The Hall–Kier alpha value is -2.15. The minimum Gasteiger partial charge on any atom is -0.494 e. The number of fused-ring (bicyclic) bond motifs is 1. The van der Waals surface area contributed by atoms with Crippen LogP contribution in [0.2, 0.25) is 10.0 Å². The molecule has 0 unspecified atom stereocenters. The third-order valence-corrected chi connectivity index (χ3v) is 4.32. The second kappa shape index (κ2) is 7.00. The van der Waals surface area contributed by atoms with E-state index in [1.54, 1.807) is 24.3 Å². The number of aromatic amines is 1. The smallest absolute Gasteiger partial charge is 0.269 e. The maximum absolute atomic E-state index is 12.8. The summed E-state index contributed by atoms with van der Waals surface area (Å²) in [6, 6.07) is 9.47. The monoisotopic (exact) mass is 394 g/mol. The average Bonchev–Trinajstić information content (AvgIpc) is 2.56. The van der Waals surface area contributed by atoms with Crippen LogP contribution in [0.25, 0.3) is 10.9 Å². The van der Waals surface area contributed by atoms with Gasteiger partial charge in [0.05, 0.1) is 22.5 Å². The van der Waals surface area contributed by atoms with Crippen LogP contribution in [0, 0.1) is 4.77 Å². The zero-order valence-corrected chi connectivity index (χ0v) is 15.3. The summed E-state index contributed by atoms with van der Waals surface area (Å²) in [6.45, 7) is 2.30. The van der Waals surface area contributed by atoms with Crippen LogP contribution in [0.3, 0.4) is 0 Å². The Balaban J connectivity index is 2.22. The molecule has 3 aromatic rings. The SMILES string of the molecule is CCOc1cccc(C(=O)n2c(=S)[nH]c3c(Cl)cc(Cl)cc3c2=O)c1. The van der Waals surface area contributed by atoms with Crippen LogP contribution in [0.1, 0.15) is 17.3 Å². The van der Waals surface area contributed by atoms with Gasteiger partial charge in [0, 0.05) is 10.6 Å². The average molecular weight is 395 g/mol. The summed E-state index contributed by atoms with van der Waals surface area (Å²) in [6.07, 6.45) is 0. The molecule has 0 saturated heterocycles. The highest BCUT2D eigenvalue weighted by Crippen LogP contribution is 2.24. The van der Waals surface area contributed by atoms with Crippen molar-refractivity contribution in [2.75, 3.05) is 6.61 Å². The van der Waals surface area contributed by atoms with Crippen molar-refractivity contribution in [2.24, 2.45) is 0 Å². The lowest BCUT2D eigenvalue weighted by molar-refractivity contribution is 0.0953. The van der Waals surface area contributed by atoms with E-state index in [2.05, 4.69) is 4.98 Å². The largest absolute Gasteiger partial charge is 0.494 e. The van der Waals surface area contributed by atoms with Gasteiger partial charge in [0.15, 0.2) is 4.77 Å². The number of carbonyl (C=O) groups is 1. The molecule has 3 rings (SSSR count). The second-order valence-corrected chi connectivity index (χ2v) is 6.38. The molecule has 0 aliphatic rings. The molecule has 0 spiro atoms. The lowest BCUT2D eigenvalue weighted by Crippen LogP contribution is -2.29. The quantitative estimate of drug-likeness (QED) is 0.666. The van der Waals surface area contributed by atoms with E-state index >= 15 is 0 Å². The first-order valence-electron chi connectivity index (χ1n) is 7.34. The highest BCUT2D eigenvalue weighted by Gasteiger charge is 2.17. The van der Waals surface area contributed by atoms with Crippen molar-refractivity contribution in [3.8, 4) is 5.75 Å². The molecule has 0 radical (unpaired) electrons. The fraction of sp³-hybridized carbons (Fsp3) is 0.118. The predicted molar refractivity (Wildman–Crippen MR) is 101 cm³/mol. The Morgan fingerprint density at radius 3 is 2.76 bits per heavy atom. The molecule has 8 heteroatoms. The second-order valence-electron chi connectivity index (χ2n) is 5.15. The van der Waals surface area contributed by atoms with Gasteiger partial charge in [-0.2, -0.15) is 0 Å². The third-order valence-electron chi connectivity index (χ3n) is 3.52. The zero-order chi connectivity index (χ0) is 18.1. The molecule has 0 amide bonds. The Labute approximate surface area is 157 Å². The topological polar surface area (TPSA) is 64.1 Å². The van der Waals surface area contributed by atoms with E-state index in [1.165, 1.54) is 12.1 Å². The number of nitrogens with one attached hydrogen (secondary N) is 1. The van der Waals surface area contributed by atoms with Crippen molar-refractivity contribution in [1.29, 1.82) is 0 Å². The molecule has 0 bridgehead atoms. The van der Waals surface area contributed by atoms with Crippen LogP contribution in [0.5, 0.6) is 5.75 Å². The molecule has 1 heterocycles. The number of nitrogens with zero attached hydrogens (tertiary/aromatic N) is 1. The molecule has 1 N–H and O–H groups in total. The van der Waals surface area contributed by atoms with Crippen molar-refractivity contribution in [1.82, 2.24) is 9.55 Å². The molecule has 1 aromatic heterocycles. The molecular weight excluding hydrogens is 383 g/mol. The summed E-state index contributed by atoms with van der Waals surface area (Å²) in [5.41, 5.74) is 0.0307. The number of ether oxygens (including phenoxy) is 1. The number of carbonyl (C=O) groups excluding carboxylic acids is 1. The number of aromatic nitrogens is 2. The highest BCUT2D eigenvalue weighted by molar-refractivity contribution is 7.71. The first-order valence-corrected chi connectivity index (χ1v) is 8.50. The summed E-state index contributed by atoms with van der Waals surface area (Å²) in [5.74, 6) is -0.0334. The number of benzene rings is 2. The summed E-state index contributed by atoms with van der Waals surface area (Å²) >= 11 is 17.2. The predicted octanol–water partition coefficient (Wildman–Crippen LogP) is 4.45. The van der Waals surface area contributed by atoms with E-state index in [1.807, 2.05) is 6.92 Å². The Bertz CT molecular complexity index is 1110. The van der Waals surface area contributed by atoms with Gasteiger partial charge in [0.2, 0.25) is 0 Å². The third kappa shape index (κ3) is 3.33. The fourth-order valence-electron chi connectivity index (χ4n) is 2.44. The lowest BCUT2D eigenvalue weighted by Gasteiger charge is -2.09. The molecule has 0 fully saturated rings. The molecular formula is C17H12Cl2N2O3S. The number of halogens is 2. The molecule has 0 atom stereocenters. The van der Waals surface area contributed by atoms with Crippen molar-refractivity contribution in [2.45, 2.75) is 6.92 Å². The summed E-state index contributed by atoms with van der Waals surface area (Å²) in [4.78, 5) is 28.4. The number of hydrogen-bond acceptors (Lipinski definition) is 4. The van der Waals surface area contributed by atoms with Crippen molar-refractivity contribution < 1.29 is 9.53 Å². The van der Waals surface area contributed by atoms with Gasteiger partial charge in [-0.15, -0.1) is 0 Å². The van der Waals surface area contributed by atoms with Gasteiger partial charge in [-0.25, -0.2) is 4.57 Å². The summed E-state index contributed by atoms with van der Waals surface area (Å²) in [7, 11) is 0. The van der Waals surface area contributed by atoms with Gasteiger partial charge in [-0.05, 0) is 49.5 Å². The van der Waals surface area contributed by atoms with Crippen LogP contribution in [-0.2, 0) is 0 Å². The van der Waals surface area contributed by atoms with Crippen molar-refractivity contribution >= 4 is 52.2 Å². The number of hydrogen-bond donors (Lipinski definition) is 1. The standard InChI is InChI=1S/C17H12Cl2N2O3S/c1-2-24-11-5-3-4-9(6-11)15(22)21-16(23)12-7-10(18)8-13(19)14(12)20-17(21)25/h3-8H,2H2,1H3,(H,20,25). The van der Waals surface area contributed by atoms with Crippen LogP contribution in [-0.4, -0.2) is 22.1 Å². The molecule has 128 valence electrons. The lowest BCUT2D eigenvalue weighted by atomic mass is 10.2. The van der Waals surface area contributed by atoms with Gasteiger partial charge in [0.25, 0.3) is 11.5 Å². The Morgan fingerprint density at radius 2 is 2.04 bits per heavy atom. The van der Waals surface area contributed by atoms with Crippen molar-refractivity contribution in [3.05, 3.63) is 67.1 Å². The summed E-state index contributed by atoms with van der Waals surface area (Å²) < 4.78 is 6.22. The van der Waals surface area contributed by atoms with Gasteiger partial charge in [-0.1, -0.05) is 29.3 Å². The van der Waals surface area contributed by atoms with E-state index < -0.39 is 11.5 Å². The van der Waals surface area contributed by atoms with Gasteiger partial charge >= 0.3 is 0 Å². The molecule has 0 aliphatic carbocycles. The zero-order valence-electron chi connectivity index (χ0n) is 13.0.